The van der Waals surface area contributed by atoms with Crippen LogP contribution in [0.25, 0.3) is 10.9 Å². The molecule has 2 aromatic rings. The second-order valence-corrected chi connectivity index (χ2v) is 6.51. The number of ether oxygens (including phenoxy) is 1. The van der Waals surface area contributed by atoms with E-state index in [0.717, 1.165) is 17.2 Å². The number of benzene rings is 1. The molecule has 7 nitrogen and oxygen atoms in total. The zero-order chi connectivity index (χ0) is 16.2. The van der Waals surface area contributed by atoms with Crippen LogP contribution >= 0.6 is 0 Å². The first-order chi connectivity index (χ1) is 10.4. The van der Waals surface area contributed by atoms with E-state index in [2.05, 4.69) is 15.0 Å². The second-order valence-electron chi connectivity index (χ2n) is 4.68. The Kier molecular flexibility index (Phi) is 4.94. The van der Waals surface area contributed by atoms with E-state index in [4.69, 9.17) is 4.74 Å². The molecule has 0 radical (unpaired) electrons. The van der Waals surface area contributed by atoms with Crippen molar-refractivity contribution in [2.45, 2.75) is 6.42 Å². The zero-order valence-electron chi connectivity index (χ0n) is 12.3. The summed E-state index contributed by atoms with van der Waals surface area (Å²) in [6, 6.07) is 7.12. The van der Waals surface area contributed by atoms with Gasteiger partial charge < -0.3 is 10.1 Å². The van der Waals surface area contributed by atoms with E-state index in [-0.39, 0.29) is 18.9 Å². The quantitative estimate of drug-likeness (QED) is 0.830. The number of methoxy groups -OCH3 is 1. The van der Waals surface area contributed by atoms with Crippen LogP contribution in [0.4, 0.5) is 5.69 Å². The third-order valence-electron chi connectivity index (χ3n) is 2.95. The molecule has 0 saturated heterocycles. The lowest BCUT2D eigenvalue weighted by molar-refractivity contribution is -0.116. The van der Waals surface area contributed by atoms with Crippen molar-refractivity contribution in [2.75, 3.05) is 25.2 Å². The van der Waals surface area contributed by atoms with Gasteiger partial charge in [-0.1, -0.05) is 0 Å². The van der Waals surface area contributed by atoms with Gasteiger partial charge in [-0.3, -0.25) is 9.78 Å². The molecule has 118 valence electrons. The molecule has 1 aromatic carbocycles. The molecule has 8 heteroatoms. The SMILES string of the molecule is COc1ccc2ncccc2c1NC(=O)CCNS(C)(=O)=O. The number of anilines is 1. The number of rotatable bonds is 6. The van der Waals surface area contributed by atoms with E-state index in [0.29, 0.717) is 11.4 Å². The first-order valence-corrected chi connectivity index (χ1v) is 8.46. The van der Waals surface area contributed by atoms with Crippen LogP contribution in [-0.2, 0) is 14.8 Å². The Labute approximate surface area is 128 Å². The van der Waals surface area contributed by atoms with Crippen molar-refractivity contribution in [3.8, 4) is 5.75 Å². The summed E-state index contributed by atoms with van der Waals surface area (Å²) >= 11 is 0. The summed E-state index contributed by atoms with van der Waals surface area (Å²) in [4.78, 5) is 16.2. The lowest BCUT2D eigenvalue weighted by Crippen LogP contribution is -2.26. The second kappa shape index (κ2) is 6.71. The van der Waals surface area contributed by atoms with E-state index in [9.17, 15) is 13.2 Å². The highest BCUT2D eigenvalue weighted by molar-refractivity contribution is 7.88. The number of nitrogens with one attached hydrogen (secondary N) is 2. The summed E-state index contributed by atoms with van der Waals surface area (Å²) in [5, 5.41) is 3.51. The molecular formula is C14H17N3O4S. The van der Waals surface area contributed by atoms with E-state index in [1.165, 1.54) is 7.11 Å². The van der Waals surface area contributed by atoms with Gasteiger partial charge in [-0.2, -0.15) is 0 Å². The fourth-order valence-electron chi connectivity index (χ4n) is 1.98. The molecule has 0 saturated carbocycles. The number of carbonyl (C=O) groups excluding carboxylic acids is 1. The standard InChI is InChI=1S/C14H17N3O4S/c1-21-12-6-5-11-10(4-3-8-15-11)14(12)17-13(18)7-9-16-22(2,19)20/h3-6,8,16H,7,9H2,1-2H3,(H,17,18). The van der Waals surface area contributed by atoms with E-state index in [1.807, 2.05) is 6.07 Å². The van der Waals surface area contributed by atoms with Gasteiger partial charge in [0.05, 0.1) is 24.6 Å². The molecule has 1 amide bonds. The predicted octanol–water partition coefficient (Wildman–Crippen LogP) is 1.12. The number of aromatic nitrogens is 1. The van der Waals surface area contributed by atoms with Crippen LogP contribution in [0.3, 0.4) is 0 Å². The summed E-state index contributed by atoms with van der Waals surface area (Å²) in [5.74, 6) is 0.204. The van der Waals surface area contributed by atoms with Crippen molar-refractivity contribution in [3.63, 3.8) is 0 Å². The van der Waals surface area contributed by atoms with Gasteiger partial charge in [0.2, 0.25) is 15.9 Å². The number of nitrogens with zero attached hydrogens (tertiary/aromatic N) is 1. The topological polar surface area (TPSA) is 97.4 Å². The number of pyridine rings is 1. The number of sulfonamides is 1. The molecule has 1 aromatic heterocycles. The predicted molar refractivity (Wildman–Crippen MR) is 84.4 cm³/mol. The molecule has 22 heavy (non-hydrogen) atoms. The average molecular weight is 323 g/mol. The lowest BCUT2D eigenvalue weighted by Gasteiger charge is -2.13. The molecule has 0 spiro atoms. The molecule has 0 aliphatic heterocycles. The van der Waals surface area contributed by atoms with E-state index in [1.54, 1.807) is 24.4 Å². The molecule has 0 aliphatic rings. The fourth-order valence-corrected chi connectivity index (χ4v) is 2.46. The van der Waals surface area contributed by atoms with Gasteiger partial charge in [-0.15, -0.1) is 0 Å². The van der Waals surface area contributed by atoms with Crippen LogP contribution in [-0.4, -0.2) is 39.2 Å². The van der Waals surface area contributed by atoms with Crippen molar-refractivity contribution >= 4 is 32.5 Å². The van der Waals surface area contributed by atoms with Crippen molar-refractivity contribution in [3.05, 3.63) is 30.5 Å². The maximum Gasteiger partial charge on any atom is 0.225 e. The summed E-state index contributed by atoms with van der Waals surface area (Å²) in [7, 11) is -1.79. The molecule has 0 fully saturated rings. The molecule has 1 heterocycles. The summed E-state index contributed by atoms with van der Waals surface area (Å²) < 4.78 is 29.5. The Hall–Kier alpha value is -2.19. The third kappa shape index (κ3) is 4.15. The van der Waals surface area contributed by atoms with Crippen molar-refractivity contribution in [1.29, 1.82) is 0 Å². The molecule has 2 rings (SSSR count). The number of hydrogen-bond donors (Lipinski definition) is 2. The first-order valence-electron chi connectivity index (χ1n) is 6.57. The van der Waals surface area contributed by atoms with Gasteiger partial charge in [0.25, 0.3) is 0 Å². The Morgan fingerprint density at radius 2 is 2.09 bits per heavy atom. The highest BCUT2D eigenvalue weighted by Crippen LogP contribution is 2.32. The number of carbonyl (C=O) groups is 1. The number of hydrogen-bond acceptors (Lipinski definition) is 5. The normalized spacial score (nSPS) is 11.4. The van der Waals surface area contributed by atoms with Gasteiger partial charge in [0, 0.05) is 24.5 Å². The van der Waals surface area contributed by atoms with Gasteiger partial charge >= 0.3 is 0 Å². The van der Waals surface area contributed by atoms with E-state index >= 15 is 0 Å². The van der Waals surface area contributed by atoms with Crippen molar-refractivity contribution in [2.24, 2.45) is 0 Å². The average Bonchev–Trinajstić information content (AvgIpc) is 2.46. The largest absolute Gasteiger partial charge is 0.495 e. The highest BCUT2D eigenvalue weighted by atomic mass is 32.2. The Morgan fingerprint density at radius 1 is 1.32 bits per heavy atom. The minimum atomic E-state index is -3.30. The summed E-state index contributed by atoms with van der Waals surface area (Å²) in [5.41, 5.74) is 1.25. The monoisotopic (exact) mass is 323 g/mol. The Bertz CT molecular complexity index is 790. The minimum absolute atomic E-state index is 0.0207. The zero-order valence-corrected chi connectivity index (χ0v) is 13.1. The van der Waals surface area contributed by atoms with Gasteiger partial charge in [-0.05, 0) is 24.3 Å². The minimum Gasteiger partial charge on any atom is -0.495 e. The molecule has 0 aliphatic carbocycles. The van der Waals surface area contributed by atoms with Crippen LogP contribution in [0.2, 0.25) is 0 Å². The van der Waals surface area contributed by atoms with E-state index < -0.39 is 10.0 Å². The number of fused-ring (bicyclic) bond motifs is 1. The fraction of sp³-hybridized carbons (Fsp3) is 0.286. The maximum atomic E-state index is 12.0. The Balaban J connectivity index is 2.17. The van der Waals surface area contributed by atoms with Crippen LogP contribution < -0.4 is 14.8 Å². The molecule has 0 unspecified atom stereocenters. The van der Waals surface area contributed by atoms with Crippen LogP contribution in [0, 0.1) is 0 Å². The molecular weight excluding hydrogens is 306 g/mol. The van der Waals surface area contributed by atoms with Crippen molar-refractivity contribution < 1.29 is 17.9 Å². The van der Waals surface area contributed by atoms with Gasteiger partial charge in [0.15, 0.2) is 0 Å². The summed E-state index contributed by atoms with van der Waals surface area (Å²) in [6.07, 6.45) is 2.73. The lowest BCUT2D eigenvalue weighted by atomic mass is 10.1. The third-order valence-corrected chi connectivity index (χ3v) is 3.68. The molecule has 0 atom stereocenters. The smallest absolute Gasteiger partial charge is 0.225 e. The highest BCUT2D eigenvalue weighted by Gasteiger charge is 2.12. The molecule has 0 bridgehead atoms. The summed E-state index contributed by atoms with van der Waals surface area (Å²) in [6.45, 7) is 0.0377. The van der Waals surface area contributed by atoms with Crippen LogP contribution in [0.1, 0.15) is 6.42 Å². The Morgan fingerprint density at radius 3 is 2.77 bits per heavy atom. The van der Waals surface area contributed by atoms with Crippen LogP contribution in [0.15, 0.2) is 30.5 Å². The van der Waals surface area contributed by atoms with Gasteiger partial charge in [0.1, 0.15) is 5.75 Å². The van der Waals surface area contributed by atoms with Gasteiger partial charge in [-0.25, -0.2) is 13.1 Å². The van der Waals surface area contributed by atoms with Crippen molar-refractivity contribution in [1.82, 2.24) is 9.71 Å². The number of amides is 1. The maximum absolute atomic E-state index is 12.0. The first kappa shape index (κ1) is 16.2. The van der Waals surface area contributed by atoms with Crippen LogP contribution in [0.5, 0.6) is 5.75 Å². The molecule has 2 N–H and O–H groups in total.